The van der Waals surface area contributed by atoms with Crippen LogP contribution < -0.4 is 11.1 Å². The van der Waals surface area contributed by atoms with Crippen molar-refractivity contribution < 1.29 is 14.1 Å². The number of nitrogens with two attached hydrogens (primary N) is 1. The molecule has 1 atom stereocenters. The van der Waals surface area contributed by atoms with E-state index in [0.717, 1.165) is 18.2 Å². The van der Waals surface area contributed by atoms with E-state index in [9.17, 15) is 19.3 Å². The minimum absolute atomic E-state index is 0.0919. The summed E-state index contributed by atoms with van der Waals surface area (Å²) in [5, 5.41) is 13.2. The molecular formula is C12H16FN3O3. The van der Waals surface area contributed by atoms with Crippen LogP contribution in [0.5, 0.6) is 0 Å². The van der Waals surface area contributed by atoms with Crippen LogP contribution in [0.25, 0.3) is 0 Å². The largest absolute Gasteiger partial charge is 0.348 e. The van der Waals surface area contributed by atoms with Crippen molar-refractivity contribution in [2.45, 2.75) is 19.9 Å². The van der Waals surface area contributed by atoms with Crippen LogP contribution >= 0.6 is 0 Å². The zero-order chi connectivity index (χ0) is 14.6. The molecule has 0 heterocycles. The maximum absolute atomic E-state index is 13.2. The highest BCUT2D eigenvalue weighted by atomic mass is 19.1. The molecule has 104 valence electrons. The Bertz CT molecular complexity index is 491. The summed E-state index contributed by atoms with van der Waals surface area (Å²) in [6.07, 6.45) is 0. The van der Waals surface area contributed by atoms with E-state index in [1.54, 1.807) is 0 Å². The number of hydrogen-bond donors (Lipinski definition) is 2. The number of hydrogen-bond acceptors (Lipinski definition) is 4. The fourth-order valence-corrected chi connectivity index (χ4v) is 1.56. The van der Waals surface area contributed by atoms with E-state index in [-0.39, 0.29) is 24.1 Å². The number of halogens is 1. The first-order chi connectivity index (χ1) is 8.85. The van der Waals surface area contributed by atoms with Crippen LogP contribution in [0.4, 0.5) is 10.1 Å². The van der Waals surface area contributed by atoms with Crippen molar-refractivity contribution in [3.63, 3.8) is 0 Å². The van der Waals surface area contributed by atoms with E-state index < -0.39 is 22.3 Å². The second-order valence-corrected chi connectivity index (χ2v) is 4.51. The van der Waals surface area contributed by atoms with Gasteiger partial charge in [0.1, 0.15) is 5.82 Å². The second kappa shape index (κ2) is 6.24. The lowest BCUT2D eigenvalue weighted by Gasteiger charge is -2.20. The molecule has 0 aromatic heterocycles. The molecule has 0 fully saturated rings. The topological polar surface area (TPSA) is 98.3 Å². The summed E-state index contributed by atoms with van der Waals surface area (Å²) in [5.41, 5.74) is 4.96. The SMILES string of the molecule is CC(C)C(CN)NC(=O)c1cc(F)cc([N+](=O)[O-])c1. The normalized spacial score (nSPS) is 12.3. The first kappa shape index (κ1) is 15.0. The molecule has 0 bridgehead atoms. The van der Waals surface area contributed by atoms with Crippen molar-refractivity contribution in [2.24, 2.45) is 11.7 Å². The van der Waals surface area contributed by atoms with Gasteiger partial charge in [-0.1, -0.05) is 13.8 Å². The van der Waals surface area contributed by atoms with Crippen LogP contribution in [-0.2, 0) is 0 Å². The first-order valence-corrected chi connectivity index (χ1v) is 5.81. The number of nitro groups is 1. The van der Waals surface area contributed by atoms with E-state index in [0.29, 0.717) is 0 Å². The van der Waals surface area contributed by atoms with Gasteiger partial charge in [0.25, 0.3) is 11.6 Å². The first-order valence-electron chi connectivity index (χ1n) is 5.81. The molecule has 3 N–H and O–H groups in total. The van der Waals surface area contributed by atoms with E-state index in [2.05, 4.69) is 5.32 Å². The van der Waals surface area contributed by atoms with Gasteiger partial charge in [0.15, 0.2) is 0 Å². The van der Waals surface area contributed by atoms with Crippen LogP contribution in [0.2, 0.25) is 0 Å². The van der Waals surface area contributed by atoms with Gasteiger partial charge in [0, 0.05) is 24.2 Å². The Labute approximate surface area is 109 Å². The molecule has 1 aromatic carbocycles. The molecule has 0 spiro atoms. The van der Waals surface area contributed by atoms with Gasteiger partial charge in [-0.25, -0.2) is 4.39 Å². The molecule has 6 nitrogen and oxygen atoms in total. The van der Waals surface area contributed by atoms with Gasteiger partial charge in [-0.2, -0.15) is 0 Å². The Morgan fingerprint density at radius 1 is 1.47 bits per heavy atom. The second-order valence-electron chi connectivity index (χ2n) is 4.51. The minimum Gasteiger partial charge on any atom is -0.348 e. The van der Waals surface area contributed by atoms with E-state index in [4.69, 9.17) is 5.73 Å². The van der Waals surface area contributed by atoms with Gasteiger partial charge in [0.05, 0.1) is 11.0 Å². The molecule has 1 aromatic rings. The van der Waals surface area contributed by atoms with E-state index in [1.165, 1.54) is 0 Å². The van der Waals surface area contributed by atoms with Crippen molar-refractivity contribution >= 4 is 11.6 Å². The number of rotatable bonds is 5. The molecule has 1 amide bonds. The molecule has 0 aliphatic heterocycles. The van der Waals surface area contributed by atoms with Crippen LogP contribution in [0.3, 0.4) is 0 Å². The molecule has 0 saturated heterocycles. The third-order valence-corrected chi connectivity index (χ3v) is 2.73. The Morgan fingerprint density at radius 3 is 2.58 bits per heavy atom. The Hall–Kier alpha value is -2.02. The fraction of sp³-hybridized carbons (Fsp3) is 0.417. The van der Waals surface area contributed by atoms with Crippen LogP contribution in [0, 0.1) is 21.8 Å². The number of carbonyl (C=O) groups excluding carboxylic acids is 1. The number of nitro benzene ring substituents is 1. The predicted octanol–water partition coefficient (Wildman–Crippen LogP) is 1.45. The summed E-state index contributed by atoms with van der Waals surface area (Å²) in [5.74, 6) is -1.29. The van der Waals surface area contributed by atoms with E-state index in [1.807, 2.05) is 13.8 Å². The zero-order valence-electron chi connectivity index (χ0n) is 10.7. The predicted molar refractivity (Wildman–Crippen MR) is 68.2 cm³/mol. The Morgan fingerprint density at radius 2 is 2.11 bits per heavy atom. The van der Waals surface area contributed by atoms with Crippen molar-refractivity contribution in [3.8, 4) is 0 Å². The number of nitrogens with one attached hydrogen (secondary N) is 1. The molecule has 1 unspecified atom stereocenters. The molecular weight excluding hydrogens is 253 g/mol. The zero-order valence-corrected chi connectivity index (χ0v) is 10.7. The van der Waals surface area contributed by atoms with Crippen molar-refractivity contribution in [1.29, 1.82) is 0 Å². The van der Waals surface area contributed by atoms with Crippen LogP contribution in [0.1, 0.15) is 24.2 Å². The maximum atomic E-state index is 13.2. The summed E-state index contributed by atoms with van der Waals surface area (Å²) in [7, 11) is 0. The van der Waals surface area contributed by atoms with Gasteiger partial charge in [-0.05, 0) is 12.0 Å². The van der Waals surface area contributed by atoms with Crippen LogP contribution in [0.15, 0.2) is 18.2 Å². The third kappa shape index (κ3) is 3.99. The van der Waals surface area contributed by atoms with Gasteiger partial charge in [-0.3, -0.25) is 14.9 Å². The number of nitrogens with zero attached hydrogens (tertiary/aromatic N) is 1. The maximum Gasteiger partial charge on any atom is 0.273 e. The molecule has 1 rings (SSSR count). The summed E-state index contributed by atoms with van der Waals surface area (Å²) < 4.78 is 13.2. The van der Waals surface area contributed by atoms with Crippen molar-refractivity contribution in [2.75, 3.05) is 6.54 Å². The summed E-state index contributed by atoms with van der Waals surface area (Å²) >= 11 is 0. The Balaban J connectivity index is 2.96. The van der Waals surface area contributed by atoms with Crippen molar-refractivity contribution in [3.05, 3.63) is 39.7 Å². The lowest BCUT2D eigenvalue weighted by molar-refractivity contribution is -0.385. The smallest absolute Gasteiger partial charge is 0.273 e. The third-order valence-electron chi connectivity index (χ3n) is 2.73. The number of amides is 1. The lowest BCUT2D eigenvalue weighted by Crippen LogP contribution is -2.43. The quantitative estimate of drug-likeness (QED) is 0.624. The average Bonchev–Trinajstić information content (AvgIpc) is 2.34. The van der Waals surface area contributed by atoms with Gasteiger partial charge >= 0.3 is 0 Å². The summed E-state index contributed by atoms with van der Waals surface area (Å²) in [4.78, 5) is 21.7. The Kier molecular flexibility index (Phi) is 4.94. The molecule has 7 heteroatoms. The minimum atomic E-state index is -0.826. The molecule has 0 aliphatic carbocycles. The van der Waals surface area contributed by atoms with Crippen LogP contribution in [-0.4, -0.2) is 23.4 Å². The molecule has 0 aliphatic rings. The molecule has 0 radical (unpaired) electrons. The summed E-state index contributed by atoms with van der Waals surface area (Å²) in [6, 6.07) is 2.48. The fourth-order valence-electron chi connectivity index (χ4n) is 1.56. The highest BCUT2D eigenvalue weighted by Crippen LogP contribution is 2.16. The highest BCUT2D eigenvalue weighted by Gasteiger charge is 2.18. The van der Waals surface area contributed by atoms with Crippen molar-refractivity contribution in [1.82, 2.24) is 5.32 Å². The summed E-state index contributed by atoms with van der Waals surface area (Å²) in [6.45, 7) is 4.00. The highest BCUT2D eigenvalue weighted by molar-refractivity contribution is 5.95. The number of non-ortho nitro benzene ring substituents is 1. The van der Waals surface area contributed by atoms with Gasteiger partial charge in [0.2, 0.25) is 0 Å². The van der Waals surface area contributed by atoms with Gasteiger partial charge in [-0.15, -0.1) is 0 Å². The monoisotopic (exact) mass is 269 g/mol. The molecule has 19 heavy (non-hydrogen) atoms. The molecule has 0 saturated carbocycles. The lowest BCUT2D eigenvalue weighted by atomic mass is 10.0. The average molecular weight is 269 g/mol. The number of carbonyl (C=O) groups is 1. The van der Waals surface area contributed by atoms with E-state index >= 15 is 0 Å². The van der Waals surface area contributed by atoms with Gasteiger partial charge < -0.3 is 11.1 Å². The standard InChI is InChI=1S/C12H16FN3O3/c1-7(2)11(6-14)15-12(17)8-3-9(13)5-10(4-8)16(18)19/h3-5,7,11H,6,14H2,1-2H3,(H,15,17). The number of benzene rings is 1.